The second-order valence-electron chi connectivity index (χ2n) is 20.2. The Bertz CT molecular complexity index is 3540. The van der Waals surface area contributed by atoms with E-state index in [4.69, 9.17) is 0 Å². The molecule has 2 heterocycles. The molecule has 0 bridgehead atoms. The third-order valence-electron chi connectivity index (χ3n) is 14.6. The van der Waals surface area contributed by atoms with Crippen LogP contribution in [0.1, 0.15) is 75.2 Å². The van der Waals surface area contributed by atoms with Gasteiger partial charge in [-0.25, -0.2) is 0 Å². The van der Waals surface area contributed by atoms with E-state index in [1.807, 2.05) is 0 Å². The van der Waals surface area contributed by atoms with Crippen molar-refractivity contribution >= 4 is 97.2 Å². The first-order valence-corrected chi connectivity index (χ1v) is 22.4. The SMILES string of the molecule is Cc1c(C)n(-c2c3ccccc3c(C(C)(C)C)c3ccccc23)c2c1cc1ccc3c4c(ccc2c14)cc1c(C)c(C)n(-c2c4ccccc4c(C(C)(C)C)c4ccccc24)c13. The van der Waals surface area contributed by atoms with Crippen molar-refractivity contribution in [3.63, 3.8) is 0 Å². The van der Waals surface area contributed by atoms with Crippen LogP contribution < -0.4 is 0 Å². The normalized spacial score (nSPS) is 13.0. The van der Waals surface area contributed by atoms with Gasteiger partial charge in [0, 0.05) is 54.5 Å². The number of aryl methyl sites for hydroxylation is 2. The fourth-order valence-corrected chi connectivity index (χ4v) is 11.9. The van der Waals surface area contributed by atoms with Gasteiger partial charge in [-0.3, -0.25) is 0 Å². The van der Waals surface area contributed by atoms with Crippen LogP contribution in [0.4, 0.5) is 0 Å². The summed E-state index contributed by atoms with van der Waals surface area (Å²) in [5, 5.41) is 21.0. The van der Waals surface area contributed by atoms with Crippen molar-refractivity contribution < 1.29 is 0 Å². The summed E-state index contributed by atoms with van der Waals surface area (Å²) in [7, 11) is 0. The summed E-state index contributed by atoms with van der Waals surface area (Å²) in [6.45, 7) is 23.4. The summed E-state index contributed by atoms with van der Waals surface area (Å²) < 4.78 is 5.24. The molecule has 10 aromatic carbocycles. The smallest absolute Gasteiger partial charge is 0.0615 e. The van der Waals surface area contributed by atoms with Gasteiger partial charge in [0.05, 0.1) is 22.4 Å². The van der Waals surface area contributed by atoms with Gasteiger partial charge in [-0.05, 0) is 116 Å². The van der Waals surface area contributed by atoms with Crippen molar-refractivity contribution in [2.24, 2.45) is 0 Å². The summed E-state index contributed by atoms with van der Waals surface area (Å²) in [4.78, 5) is 0. The second-order valence-corrected chi connectivity index (χ2v) is 20.2. The molecule has 0 atom stereocenters. The van der Waals surface area contributed by atoms with Crippen LogP contribution in [0.3, 0.4) is 0 Å². The lowest BCUT2D eigenvalue weighted by molar-refractivity contribution is 0.601. The molecule has 0 saturated heterocycles. The highest BCUT2D eigenvalue weighted by Crippen LogP contribution is 2.49. The first kappa shape index (κ1) is 37.1. The van der Waals surface area contributed by atoms with Gasteiger partial charge in [0.1, 0.15) is 0 Å². The van der Waals surface area contributed by atoms with Crippen LogP contribution in [-0.2, 0) is 10.8 Å². The van der Waals surface area contributed by atoms with E-state index >= 15 is 0 Å². The maximum Gasteiger partial charge on any atom is 0.0615 e. The molecule has 2 heteroatoms. The highest BCUT2D eigenvalue weighted by Gasteiger charge is 2.29. The summed E-state index contributed by atoms with van der Waals surface area (Å²) in [6, 6.07) is 51.1. The van der Waals surface area contributed by atoms with Gasteiger partial charge in [0.25, 0.3) is 0 Å². The number of fused-ring (bicyclic) bond motifs is 8. The average molecular weight is 801 g/mol. The van der Waals surface area contributed by atoms with Crippen molar-refractivity contribution in [2.45, 2.75) is 80.1 Å². The predicted molar refractivity (Wildman–Crippen MR) is 270 cm³/mol. The zero-order chi connectivity index (χ0) is 42.7. The molecule has 302 valence electrons. The molecule has 0 N–H and O–H groups in total. The molecule has 0 saturated carbocycles. The van der Waals surface area contributed by atoms with Crippen LogP contribution in [0.5, 0.6) is 0 Å². The zero-order valence-corrected chi connectivity index (χ0v) is 37.6. The van der Waals surface area contributed by atoms with E-state index in [-0.39, 0.29) is 10.8 Å². The molecule has 12 aromatic rings. The van der Waals surface area contributed by atoms with Crippen molar-refractivity contribution in [3.8, 4) is 11.4 Å². The topological polar surface area (TPSA) is 9.86 Å². The van der Waals surface area contributed by atoms with Crippen LogP contribution in [-0.4, -0.2) is 9.13 Å². The van der Waals surface area contributed by atoms with Gasteiger partial charge < -0.3 is 9.13 Å². The Kier molecular flexibility index (Phi) is 7.48. The van der Waals surface area contributed by atoms with Gasteiger partial charge in [-0.1, -0.05) is 163 Å². The molecule has 0 fully saturated rings. The van der Waals surface area contributed by atoms with Crippen LogP contribution in [0, 0.1) is 27.7 Å². The summed E-state index contributed by atoms with van der Waals surface area (Å²) in [5.41, 5.74) is 13.1. The minimum absolute atomic E-state index is 0.0331. The lowest BCUT2D eigenvalue weighted by atomic mass is 9.79. The first-order valence-electron chi connectivity index (χ1n) is 22.4. The molecule has 62 heavy (non-hydrogen) atoms. The van der Waals surface area contributed by atoms with E-state index in [1.54, 1.807) is 0 Å². The van der Waals surface area contributed by atoms with Crippen molar-refractivity contribution in [1.82, 2.24) is 9.13 Å². The minimum Gasteiger partial charge on any atom is -0.312 e. The minimum atomic E-state index is -0.0331. The van der Waals surface area contributed by atoms with Gasteiger partial charge in [0.15, 0.2) is 0 Å². The molecule has 0 aliphatic carbocycles. The number of benzene rings is 10. The Balaban J connectivity index is 1.25. The number of aromatic nitrogens is 2. The van der Waals surface area contributed by atoms with E-state index in [0.717, 1.165) is 0 Å². The Labute approximate surface area is 363 Å². The second kappa shape index (κ2) is 12.5. The Morgan fingerprint density at radius 3 is 0.903 bits per heavy atom. The van der Waals surface area contributed by atoms with E-state index in [9.17, 15) is 0 Å². The van der Waals surface area contributed by atoms with E-state index < -0.39 is 0 Å². The quantitative estimate of drug-likeness (QED) is 0.122. The maximum atomic E-state index is 2.62. The third-order valence-corrected chi connectivity index (χ3v) is 14.6. The van der Waals surface area contributed by atoms with E-state index in [1.165, 1.54) is 142 Å². The molecule has 0 amide bonds. The lowest BCUT2D eigenvalue weighted by Gasteiger charge is -2.27. The Hall–Kier alpha value is -6.64. The number of rotatable bonds is 2. The number of hydrogen-bond acceptors (Lipinski definition) is 0. The Morgan fingerprint density at radius 2 is 0.613 bits per heavy atom. The average Bonchev–Trinajstić information content (AvgIpc) is 3.65. The van der Waals surface area contributed by atoms with Gasteiger partial charge in [-0.15, -0.1) is 0 Å². The highest BCUT2D eigenvalue weighted by atomic mass is 15.0. The maximum absolute atomic E-state index is 2.62. The van der Waals surface area contributed by atoms with Crippen LogP contribution >= 0.6 is 0 Å². The molecule has 0 spiro atoms. The van der Waals surface area contributed by atoms with Crippen molar-refractivity contribution in [1.29, 1.82) is 0 Å². The summed E-state index contributed by atoms with van der Waals surface area (Å²) in [5.74, 6) is 0. The van der Waals surface area contributed by atoms with Gasteiger partial charge in [0.2, 0.25) is 0 Å². The molecule has 0 radical (unpaired) electrons. The molecule has 2 aromatic heterocycles. The highest BCUT2D eigenvalue weighted by molar-refractivity contribution is 6.33. The van der Waals surface area contributed by atoms with Crippen LogP contribution in [0.15, 0.2) is 133 Å². The third kappa shape index (κ3) is 4.76. The monoisotopic (exact) mass is 800 g/mol. The molecular formula is C60H52N2. The standard InChI is InChI=1S/C60H52N2/c1-33-35(3)61(55-43-23-15-11-19-39(43)53(59(5,6)7)40-20-12-16-24-44(40)55)57-47-29-28-38-32-50-34(2)36(4)62(58(50)48-30-27-37(31-49(33)57)51(47)52(38)48)56-45-25-17-13-21-41(45)54(60(8,9)10)42-22-14-18-26-46(42)56/h11-32H,1-10H3. The van der Waals surface area contributed by atoms with Crippen molar-refractivity contribution in [3.05, 3.63) is 167 Å². The number of hydrogen-bond donors (Lipinski definition) is 0. The summed E-state index contributed by atoms with van der Waals surface area (Å²) >= 11 is 0. The molecule has 2 nitrogen and oxygen atoms in total. The van der Waals surface area contributed by atoms with Crippen LogP contribution in [0.25, 0.3) is 109 Å². The number of nitrogens with zero attached hydrogens (tertiary/aromatic N) is 2. The first-order chi connectivity index (χ1) is 29.8. The van der Waals surface area contributed by atoms with E-state index in [2.05, 4.69) is 212 Å². The molecular weight excluding hydrogens is 749 g/mol. The summed E-state index contributed by atoms with van der Waals surface area (Å²) in [6.07, 6.45) is 0. The fourth-order valence-electron chi connectivity index (χ4n) is 11.9. The zero-order valence-electron chi connectivity index (χ0n) is 37.6. The molecule has 0 aliphatic heterocycles. The molecule has 0 unspecified atom stereocenters. The molecule has 0 aliphatic rings. The lowest BCUT2D eigenvalue weighted by Crippen LogP contribution is -2.14. The van der Waals surface area contributed by atoms with Crippen molar-refractivity contribution in [2.75, 3.05) is 0 Å². The molecule has 12 rings (SSSR count). The Morgan fingerprint density at radius 1 is 0.323 bits per heavy atom. The van der Waals surface area contributed by atoms with Gasteiger partial charge in [-0.2, -0.15) is 0 Å². The van der Waals surface area contributed by atoms with Crippen LogP contribution in [0.2, 0.25) is 0 Å². The predicted octanol–water partition coefficient (Wildman–Crippen LogP) is 16.9. The largest absolute Gasteiger partial charge is 0.312 e. The fraction of sp³-hybridized carbons (Fsp3) is 0.200. The van der Waals surface area contributed by atoms with Gasteiger partial charge >= 0.3 is 0 Å². The van der Waals surface area contributed by atoms with E-state index in [0.29, 0.717) is 0 Å².